The van der Waals surface area contributed by atoms with Crippen LogP contribution in [-0.4, -0.2) is 58.0 Å². The van der Waals surface area contributed by atoms with Crippen molar-refractivity contribution < 1.29 is 18.7 Å². The second-order valence-electron chi connectivity index (χ2n) is 6.87. The third kappa shape index (κ3) is 3.75. The quantitative estimate of drug-likeness (QED) is 0.671. The number of hydrogen-bond acceptors (Lipinski definition) is 8. The lowest BCUT2D eigenvalue weighted by Crippen LogP contribution is -2.41. The molecule has 1 amide bonds. The van der Waals surface area contributed by atoms with Gasteiger partial charge in [-0.3, -0.25) is 4.79 Å². The predicted molar refractivity (Wildman–Crippen MR) is 105 cm³/mol. The van der Waals surface area contributed by atoms with Crippen molar-refractivity contribution in [3.05, 3.63) is 36.5 Å². The fourth-order valence-electron chi connectivity index (χ4n) is 3.53. The average molecular weight is 395 g/mol. The first-order chi connectivity index (χ1) is 14.1. The Kier molecular flexibility index (Phi) is 5.11. The van der Waals surface area contributed by atoms with Gasteiger partial charge in [0.1, 0.15) is 5.52 Å². The van der Waals surface area contributed by atoms with Crippen LogP contribution in [0.2, 0.25) is 0 Å². The highest BCUT2D eigenvalue weighted by atomic mass is 16.5. The summed E-state index contributed by atoms with van der Waals surface area (Å²) in [6, 6.07) is 5.46. The van der Waals surface area contributed by atoms with E-state index in [1.54, 1.807) is 6.92 Å². The number of nitrogens with one attached hydrogen (secondary N) is 1. The number of anilines is 1. The van der Waals surface area contributed by atoms with Gasteiger partial charge in [-0.1, -0.05) is 0 Å². The zero-order valence-corrected chi connectivity index (χ0v) is 16.2. The van der Waals surface area contributed by atoms with Gasteiger partial charge in [-0.05, 0) is 31.0 Å². The van der Waals surface area contributed by atoms with E-state index in [2.05, 4.69) is 20.3 Å². The third-order valence-electron chi connectivity index (χ3n) is 5.07. The third-order valence-corrected chi connectivity index (χ3v) is 5.07. The minimum absolute atomic E-state index is 0.0974. The molecule has 0 bridgehead atoms. The van der Waals surface area contributed by atoms with Gasteiger partial charge in [-0.25, -0.2) is 19.7 Å². The standard InChI is InChI=1S/C20H21N5O4/c1-12(26)25-9-6-13(7-10-25)23-14-3-4-15-18(29-11-22-15)17(14)19-21-8-5-16(24-19)20(27)28-2/h3-5,8,11,13,23H,6-7,9-10H2,1-2H3. The molecule has 1 saturated heterocycles. The highest BCUT2D eigenvalue weighted by Gasteiger charge is 2.24. The smallest absolute Gasteiger partial charge is 0.356 e. The van der Waals surface area contributed by atoms with Crippen LogP contribution in [0.4, 0.5) is 5.69 Å². The fraction of sp³-hybridized carbons (Fsp3) is 0.350. The Hall–Kier alpha value is -3.49. The lowest BCUT2D eigenvalue weighted by atomic mass is 10.0. The molecule has 0 aliphatic carbocycles. The molecule has 3 aromatic rings. The van der Waals surface area contributed by atoms with Crippen LogP contribution >= 0.6 is 0 Å². The van der Waals surface area contributed by atoms with E-state index in [9.17, 15) is 9.59 Å². The molecule has 0 unspecified atom stereocenters. The Labute approximate surface area is 167 Å². The van der Waals surface area contributed by atoms with Crippen molar-refractivity contribution in [1.29, 1.82) is 0 Å². The number of fused-ring (bicyclic) bond motifs is 1. The van der Waals surface area contributed by atoms with Crippen molar-refractivity contribution in [2.24, 2.45) is 0 Å². The number of hydrogen-bond donors (Lipinski definition) is 1. The Bertz CT molecular complexity index is 1060. The Balaban J connectivity index is 1.69. The van der Waals surface area contributed by atoms with Crippen molar-refractivity contribution >= 4 is 28.7 Å². The van der Waals surface area contributed by atoms with Crippen molar-refractivity contribution in [2.45, 2.75) is 25.8 Å². The van der Waals surface area contributed by atoms with E-state index in [0.717, 1.165) is 18.5 Å². The van der Waals surface area contributed by atoms with Crippen molar-refractivity contribution in [1.82, 2.24) is 19.9 Å². The molecule has 29 heavy (non-hydrogen) atoms. The second-order valence-corrected chi connectivity index (χ2v) is 6.87. The molecule has 1 aliphatic rings. The maximum atomic E-state index is 11.9. The zero-order valence-electron chi connectivity index (χ0n) is 16.2. The summed E-state index contributed by atoms with van der Waals surface area (Å²) >= 11 is 0. The number of ether oxygens (including phenoxy) is 1. The average Bonchev–Trinajstić information content (AvgIpc) is 3.22. The summed E-state index contributed by atoms with van der Waals surface area (Å²) in [6.07, 6.45) is 4.54. The lowest BCUT2D eigenvalue weighted by Gasteiger charge is -2.32. The van der Waals surface area contributed by atoms with Gasteiger partial charge in [0.25, 0.3) is 0 Å². The molecule has 9 heteroatoms. The number of aromatic nitrogens is 3. The molecular formula is C20H21N5O4. The Morgan fingerprint density at radius 2 is 2.00 bits per heavy atom. The first-order valence-electron chi connectivity index (χ1n) is 9.37. The molecule has 4 rings (SSSR count). The maximum Gasteiger partial charge on any atom is 0.356 e. The molecular weight excluding hydrogens is 374 g/mol. The van der Waals surface area contributed by atoms with E-state index in [0.29, 0.717) is 35.6 Å². The number of esters is 1. The number of oxazole rings is 1. The molecule has 1 N–H and O–H groups in total. The van der Waals surface area contributed by atoms with Gasteiger partial charge in [0, 0.05) is 37.9 Å². The molecule has 0 atom stereocenters. The van der Waals surface area contributed by atoms with E-state index in [1.807, 2.05) is 17.0 Å². The summed E-state index contributed by atoms with van der Waals surface area (Å²) in [5, 5.41) is 3.53. The van der Waals surface area contributed by atoms with Gasteiger partial charge in [0.05, 0.1) is 12.7 Å². The van der Waals surface area contributed by atoms with Gasteiger partial charge < -0.3 is 19.4 Å². The number of nitrogens with zero attached hydrogens (tertiary/aromatic N) is 4. The zero-order chi connectivity index (χ0) is 20.4. The first kappa shape index (κ1) is 18.9. The first-order valence-corrected chi connectivity index (χ1v) is 9.37. The van der Waals surface area contributed by atoms with Crippen molar-refractivity contribution in [3.8, 4) is 11.4 Å². The summed E-state index contributed by atoms with van der Waals surface area (Å²) in [4.78, 5) is 38.2. The second kappa shape index (κ2) is 7.86. The highest BCUT2D eigenvalue weighted by molar-refractivity contribution is 5.96. The maximum absolute atomic E-state index is 11.9. The minimum Gasteiger partial charge on any atom is -0.464 e. The largest absolute Gasteiger partial charge is 0.464 e. The van der Waals surface area contributed by atoms with Crippen molar-refractivity contribution in [3.63, 3.8) is 0 Å². The number of methoxy groups -OCH3 is 1. The molecule has 1 aromatic carbocycles. The number of amides is 1. The molecule has 0 saturated carbocycles. The predicted octanol–water partition coefficient (Wildman–Crippen LogP) is 2.49. The van der Waals surface area contributed by atoms with Gasteiger partial charge in [0.15, 0.2) is 23.5 Å². The van der Waals surface area contributed by atoms with E-state index in [1.165, 1.54) is 25.8 Å². The molecule has 9 nitrogen and oxygen atoms in total. The number of piperidine rings is 1. The molecule has 150 valence electrons. The number of carbonyl (C=O) groups is 2. The monoisotopic (exact) mass is 395 g/mol. The van der Waals surface area contributed by atoms with E-state index < -0.39 is 5.97 Å². The number of benzene rings is 1. The summed E-state index contributed by atoms with van der Waals surface area (Å²) < 4.78 is 10.4. The van der Waals surface area contributed by atoms with Gasteiger partial charge in [-0.15, -0.1) is 0 Å². The Morgan fingerprint density at radius 3 is 2.72 bits per heavy atom. The normalized spacial score (nSPS) is 14.8. The highest BCUT2D eigenvalue weighted by Crippen LogP contribution is 2.34. The van der Waals surface area contributed by atoms with Crippen molar-refractivity contribution in [2.75, 3.05) is 25.5 Å². The molecule has 3 heterocycles. The van der Waals surface area contributed by atoms with Crippen LogP contribution in [0.5, 0.6) is 0 Å². The summed E-state index contributed by atoms with van der Waals surface area (Å²) in [5.41, 5.74) is 2.80. The molecule has 0 spiro atoms. The van der Waals surface area contributed by atoms with E-state index >= 15 is 0 Å². The lowest BCUT2D eigenvalue weighted by molar-refractivity contribution is -0.129. The SMILES string of the molecule is COC(=O)c1ccnc(-c2c(NC3CCN(C(C)=O)CC3)ccc3ncoc23)n1. The number of rotatable bonds is 4. The topological polar surface area (TPSA) is 110 Å². The van der Waals surface area contributed by atoms with E-state index in [-0.39, 0.29) is 17.6 Å². The molecule has 1 fully saturated rings. The molecule has 2 aromatic heterocycles. The van der Waals surface area contributed by atoms with Crippen LogP contribution in [0.25, 0.3) is 22.5 Å². The summed E-state index contributed by atoms with van der Waals surface area (Å²) in [6.45, 7) is 3.01. The number of carbonyl (C=O) groups excluding carboxylic acids is 2. The molecule has 1 aliphatic heterocycles. The molecule has 0 radical (unpaired) electrons. The van der Waals surface area contributed by atoms with Crippen LogP contribution in [-0.2, 0) is 9.53 Å². The van der Waals surface area contributed by atoms with E-state index in [4.69, 9.17) is 9.15 Å². The van der Waals surface area contributed by atoms with Crippen LogP contribution in [0.15, 0.2) is 35.2 Å². The van der Waals surface area contributed by atoms with Crippen LogP contribution in [0.3, 0.4) is 0 Å². The van der Waals surface area contributed by atoms with Gasteiger partial charge in [-0.2, -0.15) is 0 Å². The van der Waals surface area contributed by atoms with Gasteiger partial charge >= 0.3 is 5.97 Å². The minimum atomic E-state index is -0.537. The van der Waals surface area contributed by atoms with Crippen LogP contribution in [0.1, 0.15) is 30.3 Å². The van der Waals surface area contributed by atoms with Crippen LogP contribution in [0, 0.1) is 0 Å². The van der Waals surface area contributed by atoms with Crippen LogP contribution < -0.4 is 5.32 Å². The fourth-order valence-corrected chi connectivity index (χ4v) is 3.53. The summed E-state index contributed by atoms with van der Waals surface area (Å²) in [5.74, 6) is -0.0938. The number of likely N-dealkylation sites (tertiary alicyclic amines) is 1. The Morgan fingerprint density at radius 1 is 1.21 bits per heavy atom. The van der Waals surface area contributed by atoms with Gasteiger partial charge in [0.2, 0.25) is 5.91 Å². The summed E-state index contributed by atoms with van der Waals surface area (Å²) in [7, 11) is 1.31.